The zero-order valence-electron chi connectivity index (χ0n) is 34.0. The lowest BCUT2D eigenvalue weighted by molar-refractivity contribution is -0.163. The molecule has 2 aliphatic carbocycles. The minimum absolute atomic E-state index is 0.0768. The van der Waals surface area contributed by atoms with Crippen molar-refractivity contribution in [2.75, 3.05) is 6.61 Å². The highest BCUT2D eigenvalue weighted by Crippen LogP contribution is 2.47. The van der Waals surface area contributed by atoms with Gasteiger partial charge in [-0.25, -0.2) is 4.79 Å². The zero-order chi connectivity index (χ0) is 37.2. The molecule has 1 heterocycles. The molecule has 0 radical (unpaired) electrons. The van der Waals surface area contributed by atoms with Crippen LogP contribution in [0.4, 0.5) is 0 Å². The molecule has 1 unspecified atom stereocenters. The Morgan fingerprint density at radius 3 is 2.22 bits per heavy atom. The summed E-state index contributed by atoms with van der Waals surface area (Å²) in [6.45, 7) is 32.3. The molecule has 0 spiro atoms. The van der Waals surface area contributed by atoms with E-state index in [0.29, 0.717) is 30.4 Å². The first-order chi connectivity index (χ1) is 23.1. The van der Waals surface area contributed by atoms with Crippen molar-refractivity contribution >= 4 is 22.6 Å². The SMILES string of the molecule is CCC(Oc1ccc(C)c(C)c1)C(=O)O[C@H]1C[C@H](O[Si](C)(C)C(C)(C)C)C=C2C=C[C@H](C)[C@H](CC[C@@H]3C[C@H](O[Si](C)(C)C(C)(C)C)CCO3)[C@H]21. The fourth-order valence-corrected chi connectivity index (χ4v) is 9.88. The minimum Gasteiger partial charge on any atom is -0.479 e. The number of carbonyl (C=O) groups excluding carboxylic acids is 1. The van der Waals surface area contributed by atoms with Gasteiger partial charge < -0.3 is 23.1 Å². The largest absolute Gasteiger partial charge is 0.479 e. The highest BCUT2D eigenvalue weighted by atomic mass is 28.4. The lowest BCUT2D eigenvalue weighted by Crippen LogP contribution is -2.49. The molecule has 3 aliphatic rings. The number of hydrogen-bond donors (Lipinski definition) is 0. The molecule has 1 fully saturated rings. The Hall–Kier alpha value is -1.72. The van der Waals surface area contributed by atoms with E-state index in [1.54, 1.807) is 0 Å². The molecule has 1 aromatic rings. The van der Waals surface area contributed by atoms with Gasteiger partial charge in [0, 0.05) is 25.0 Å². The summed E-state index contributed by atoms with van der Waals surface area (Å²) < 4.78 is 33.1. The van der Waals surface area contributed by atoms with Crippen LogP contribution >= 0.6 is 0 Å². The van der Waals surface area contributed by atoms with Crippen LogP contribution in [-0.4, -0.2) is 59.7 Å². The van der Waals surface area contributed by atoms with Crippen LogP contribution in [0.3, 0.4) is 0 Å². The molecule has 0 saturated carbocycles. The summed E-state index contributed by atoms with van der Waals surface area (Å²) in [5, 5.41) is 0.265. The second-order valence-electron chi connectivity index (χ2n) is 18.6. The first kappa shape index (κ1) is 41.0. The maximum atomic E-state index is 14.0. The summed E-state index contributed by atoms with van der Waals surface area (Å²) in [5.41, 5.74) is 3.58. The molecule has 6 nitrogen and oxygen atoms in total. The summed E-state index contributed by atoms with van der Waals surface area (Å²) >= 11 is 0. The highest BCUT2D eigenvalue weighted by molar-refractivity contribution is 6.74. The van der Waals surface area contributed by atoms with E-state index < -0.39 is 22.7 Å². The van der Waals surface area contributed by atoms with Crippen LogP contribution in [0.5, 0.6) is 5.75 Å². The Morgan fingerprint density at radius 2 is 1.60 bits per heavy atom. The molecule has 282 valence electrons. The fraction of sp³-hybridized carbons (Fsp3) is 0.738. The number of benzene rings is 1. The van der Waals surface area contributed by atoms with Gasteiger partial charge in [-0.1, -0.05) is 79.7 Å². The second kappa shape index (κ2) is 16.1. The third kappa shape index (κ3) is 10.0. The molecule has 0 N–H and O–H groups in total. The van der Waals surface area contributed by atoms with E-state index in [1.807, 2.05) is 25.1 Å². The van der Waals surface area contributed by atoms with Crippen molar-refractivity contribution in [3.8, 4) is 5.75 Å². The summed E-state index contributed by atoms with van der Waals surface area (Å²) in [6, 6.07) is 6.00. The molecule has 50 heavy (non-hydrogen) atoms. The Kier molecular flexibility index (Phi) is 13.2. The maximum absolute atomic E-state index is 14.0. The number of fused-ring (bicyclic) bond motifs is 1. The van der Waals surface area contributed by atoms with Crippen molar-refractivity contribution in [2.45, 2.75) is 175 Å². The van der Waals surface area contributed by atoms with Crippen molar-refractivity contribution in [3.05, 3.63) is 53.1 Å². The lowest BCUT2D eigenvalue weighted by Gasteiger charge is -2.46. The van der Waals surface area contributed by atoms with Crippen LogP contribution in [0.25, 0.3) is 0 Å². The Labute approximate surface area is 307 Å². The molecule has 8 heteroatoms. The predicted octanol–water partition coefficient (Wildman–Crippen LogP) is 10.9. The molecular formula is C42H70O6Si2. The Balaban J connectivity index is 1.55. The van der Waals surface area contributed by atoms with Gasteiger partial charge in [-0.2, -0.15) is 0 Å². The van der Waals surface area contributed by atoms with Gasteiger partial charge in [-0.05, 0) is 123 Å². The molecule has 0 bridgehead atoms. The van der Waals surface area contributed by atoms with Crippen LogP contribution in [0.2, 0.25) is 36.3 Å². The summed E-state index contributed by atoms with van der Waals surface area (Å²) in [4.78, 5) is 14.0. The monoisotopic (exact) mass is 726 g/mol. The Morgan fingerprint density at radius 1 is 0.940 bits per heavy atom. The van der Waals surface area contributed by atoms with Crippen LogP contribution < -0.4 is 4.74 Å². The summed E-state index contributed by atoms with van der Waals surface area (Å²) in [7, 11) is -3.93. The van der Waals surface area contributed by atoms with Gasteiger partial charge in [0.25, 0.3) is 0 Å². The number of ether oxygens (including phenoxy) is 3. The van der Waals surface area contributed by atoms with E-state index in [2.05, 4.69) is 107 Å². The van der Waals surface area contributed by atoms with Gasteiger partial charge >= 0.3 is 5.97 Å². The first-order valence-corrected chi connectivity index (χ1v) is 25.2. The van der Waals surface area contributed by atoms with Crippen molar-refractivity contribution in [1.82, 2.24) is 0 Å². The number of carbonyl (C=O) groups is 1. The van der Waals surface area contributed by atoms with Gasteiger partial charge in [0.05, 0.1) is 12.2 Å². The third-order valence-electron chi connectivity index (χ3n) is 12.7. The zero-order valence-corrected chi connectivity index (χ0v) is 36.0. The molecule has 1 aliphatic heterocycles. The van der Waals surface area contributed by atoms with Crippen LogP contribution in [-0.2, 0) is 23.1 Å². The highest BCUT2D eigenvalue weighted by Gasteiger charge is 2.46. The van der Waals surface area contributed by atoms with E-state index >= 15 is 0 Å². The molecule has 0 aromatic heterocycles. The molecule has 4 rings (SSSR count). The van der Waals surface area contributed by atoms with E-state index in [4.69, 9.17) is 23.1 Å². The van der Waals surface area contributed by atoms with E-state index in [-0.39, 0.29) is 46.4 Å². The maximum Gasteiger partial charge on any atom is 0.347 e. The Bertz CT molecular complexity index is 1370. The number of hydrogen-bond acceptors (Lipinski definition) is 6. The third-order valence-corrected chi connectivity index (χ3v) is 21.7. The van der Waals surface area contributed by atoms with Crippen molar-refractivity contribution < 1.29 is 27.9 Å². The molecule has 0 amide bonds. The van der Waals surface area contributed by atoms with E-state index in [0.717, 1.165) is 37.9 Å². The van der Waals surface area contributed by atoms with Crippen LogP contribution in [0, 0.1) is 31.6 Å². The number of rotatable bonds is 12. The van der Waals surface area contributed by atoms with Crippen molar-refractivity contribution in [3.63, 3.8) is 0 Å². The lowest BCUT2D eigenvalue weighted by atomic mass is 9.66. The van der Waals surface area contributed by atoms with Crippen molar-refractivity contribution in [2.24, 2.45) is 17.8 Å². The molecule has 1 aromatic carbocycles. The topological polar surface area (TPSA) is 63.2 Å². The molecule has 8 atom stereocenters. The normalized spacial score (nSPS) is 28.4. The van der Waals surface area contributed by atoms with E-state index in [1.165, 1.54) is 11.1 Å². The predicted molar refractivity (Wildman–Crippen MR) is 211 cm³/mol. The summed E-state index contributed by atoms with van der Waals surface area (Å²) in [6.07, 6.45) is 11.4. The molecule has 1 saturated heterocycles. The van der Waals surface area contributed by atoms with Crippen LogP contribution in [0.15, 0.2) is 42.0 Å². The fourth-order valence-electron chi connectivity index (χ4n) is 7.21. The quantitative estimate of drug-likeness (QED) is 0.158. The number of esters is 1. The second-order valence-corrected chi connectivity index (χ2v) is 28.1. The van der Waals surface area contributed by atoms with Crippen molar-refractivity contribution in [1.29, 1.82) is 0 Å². The molecular weight excluding hydrogens is 657 g/mol. The number of aryl methyl sites for hydroxylation is 2. The standard InChI is InChI=1S/C42H70O6Si2/c1-15-37(45-33-19-17-28(2)30(4)24-33)40(43)46-38-27-35(48-50(13,14)42(8,9)10)25-31-18-16-29(3)36(39(31)38)21-20-32-26-34(22-23-44-32)47-49(11,12)41(5,6)7/h16-19,24-25,29,32,34-39H,15,20-23,26-27H2,1-14H3/t29-,32+,34+,35+,36-,37?,38-,39-/m0/s1. The van der Waals surface area contributed by atoms with Gasteiger partial charge in [0.2, 0.25) is 0 Å². The first-order valence-electron chi connectivity index (χ1n) is 19.4. The smallest absolute Gasteiger partial charge is 0.347 e. The van der Waals surface area contributed by atoms with Gasteiger partial charge in [0.1, 0.15) is 11.9 Å². The van der Waals surface area contributed by atoms with E-state index in [9.17, 15) is 4.79 Å². The van der Waals surface area contributed by atoms with Gasteiger partial charge in [-0.15, -0.1) is 0 Å². The number of allylic oxidation sites excluding steroid dienone is 2. The summed E-state index contributed by atoms with van der Waals surface area (Å²) in [5.74, 6) is 1.19. The average Bonchev–Trinajstić information content (AvgIpc) is 2.99. The van der Waals surface area contributed by atoms with Gasteiger partial charge in [-0.3, -0.25) is 0 Å². The van der Waals surface area contributed by atoms with Crippen LogP contribution in [0.1, 0.15) is 105 Å². The van der Waals surface area contributed by atoms with Gasteiger partial charge in [0.15, 0.2) is 22.7 Å². The minimum atomic E-state index is -2.07. The average molecular weight is 727 g/mol.